The molecule has 0 heterocycles. The molecule has 0 aromatic carbocycles. The van der Waals surface area contributed by atoms with Crippen LogP contribution in [0.25, 0.3) is 0 Å². The zero-order valence-electron chi connectivity index (χ0n) is 8.55. The van der Waals surface area contributed by atoms with Crippen molar-refractivity contribution in [3.05, 3.63) is 47.6 Å². The fourth-order valence-corrected chi connectivity index (χ4v) is 2.83. The Kier molecular flexibility index (Phi) is 1.61. The lowest BCUT2D eigenvalue weighted by molar-refractivity contribution is 0.344. The molecule has 1 unspecified atom stereocenters. The average molecular weight is 184 g/mol. The van der Waals surface area contributed by atoms with Crippen LogP contribution in [0, 0.1) is 11.8 Å². The molecule has 1 fully saturated rings. The Morgan fingerprint density at radius 1 is 1.14 bits per heavy atom. The molecule has 3 aliphatic rings. The van der Waals surface area contributed by atoms with Crippen molar-refractivity contribution in [2.75, 3.05) is 0 Å². The Bertz CT molecular complexity index is 375. The van der Waals surface area contributed by atoms with Gasteiger partial charge >= 0.3 is 0 Å². The molecule has 0 aromatic heterocycles. The number of hydrogen-bond acceptors (Lipinski definition) is 0. The van der Waals surface area contributed by atoms with E-state index in [1.807, 2.05) is 0 Å². The summed E-state index contributed by atoms with van der Waals surface area (Å²) in [4.78, 5) is 0. The van der Waals surface area contributed by atoms with Gasteiger partial charge in [0.2, 0.25) is 0 Å². The highest BCUT2D eigenvalue weighted by molar-refractivity contribution is 5.55. The van der Waals surface area contributed by atoms with Crippen molar-refractivity contribution < 1.29 is 0 Å². The largest absolute Gasteiger partial charge is 0.0952 e. The topological polar surface area (TPSA) is 0 Å². The van der Waals surface area contributed by atoms with Crippen molar-refractivity contribution in [1.29, 1.82) is 0 Å². The van der Waals surface area contributed by atoms with Crippen LogP contribution >= 0.6 is 0 Å². The first-order valence-corrected chi connectivity index (χ1v) is 5.56. The Morgan fingerprint density at radius 2 is 1.93 bits per heavy atom. The lowest BCUT2D eigenvalue weighted by Gasteiger charge is -2.34. The maximum atomic E-state index is 4.16. The molecule has 3 rings (SSSR count). The summed E-state index contributed by atoms with van der Waals surface area (Å²) in [5.74, 6) is 1.49. The van der Waals surface area contributed by atoms with Gasteiger partial charge in [-0.25, -0.2) is 0 Å². The first kappa shape index (κ1) is 8.28. The summed E-state index contributed by atoms with van der Waals surface area (Å²) < 4.78 is 0. The lowest BCUT2D eigenvalue weighted by Crippen LogP contribution is -2.21. The van der Waals surface area contributed by atoms with Gasteiger partial charge in [-0.3, -0.25) is 0 Å². The number of fused-ring (bicyclic) bond motifs is 2. The molecule has 0 amide bonds. The van der Waals surface area contributed by atoms with Gasteiger partial charge in [-0.1, -0.05) is 37.3 Å². The minimum absolute atomic E-state index is 0.640. The van der Waals surface area contributed by atoms with Crippen molar-refractivity contribution in [3.8, 4) is 0 Å². The zero-order chi connectivity index (χ0) is 9.71. The molecule has 1 atom stereocenters. The second-order valence-electron chi connectivity index (χ2n) is 4.80. The summed E-state index contributed by atoms with van der Waals surface area (Å²) >= 11 is 0. The van der Waals surface area contributed by atoms with Crippen molar-refractivity contribution in [2.45, 2.75) is 25.7 Å². The molecule has 0 saturated heterocycles. The third-order valence-corrected chi connectivity index (χ3v) is 3.96. The van der Waals surface area contributed by atoms with Crippen LogP contribution in [0.5, 0.6) is 0 Å². The van der Waals surface area contributed by atoms with Gasteiger partial charge in [0.1, 0.15) is 0 Å². The molecule has 0 N–H and O–H groups in total. The van der Waals surface area contributed by atoms with Gasteiger partial charge in [0, 0.05) is 5.92 Å². The first-order valence-electron chi connectivity index (χ1n) is 5.56. The van der Waals surface area contributed by atoms with Crippen molar-refractivity contribution in [2.24, 2.45) is 11.8 Å². The molecule has 0 spiro atoms. The van der Waals surface area contributed by atoms with E-state index < -0.39 is 0 Å². The lowest BCUT2D eigenvalue weighted by atomic mass is 9.71. The van der Waals surface area contributed by atoms with Gasteiger partial charge in [-0.15, -0.1) is 0 Å². The summed E-state index contributed by atoms with van der Waals surface area (Å²) in [6.07, 6.45) is 9.95. The highest BCUT2D eigenvalue weighted by Crippen LogP contribution is 2.49. The number of hydrogen-bond donors (Lipinski definition) is 0. The Labute approximate surface area is 85.7 Å². The maximum absolute atomic E-state index is 4.16. The minimum atomic E-state index is 0.640. The fourth-order valence-electron chi connectivity index (χ4n) is 2.83. The molecule has 0 aromatic rings. The van der Waals surface area contributed by atoms with Gasteiger partial charge in [0.05, 0.1) is 0 Å². The predicted molar refractivity (Wildman–Crippen MR) is 59.9 cm³/mol. The monoisotopic (exact) mass is 184 g/mol. The normalized spacial score (nSPS) is 31.3. The van der Waals surface area contributed by atoms with Crippen LogP contribution in [0.3, 0.4) is 0 Å². The van der Waals surface area contributed by atoms with Crippen LogP contribution < -0.4 is 0 Å². The molecule has 3 aliphatic carbocycles. The zero-order valence-corrected chi connectivity index (χ0v) is 8.55. The average Bonchev–Trinajstić information content (AvgIpc) is 2.37. The van der Waals surface area contributed by atoms with E-state index in [1.54, 1.807) is 5.57 Å². The molecule has 0 aliphatic heterocycles. The highest BCUT2D eigenvalue weighted by Gasteiger charge is 2.34. The van der Waals surface area contributed by atoms with Crippen molar-refractivity contribution in [3.63, 3.8) is 0 Å². The fraction of sp³-hybridized carbons (Fsp3) is 0.429. The third kappa shape index (κ3) is 1.00. The van der Waals surface area contributed by atoms with E-state index >= 15 is 0 Å². The smallest absolute Gasteiger partial charge is 0.00891 e. The van der Waals surface area contributed by atoms with E-state index in [0.29, 0.717) is 5.92 Å². The number of allylic oxidation sites excluding steroid dienone is 6. The van der Waals surface area contributed by atoms with Crippen molar-refractivity contribution in [1.82, 2.24) is 0 Å². The number of rotatable bonds is 1. The summed E-state index contributed by atoms with van der Waals surface area (Å²) in [6, 6.07) is 0. The summed E-state index contributed by atoms with van der Waals surface area (Å²) in [6.45, 7) is 8.30. The second kappa shape index (κ2) is 2.73. The Hall–Kier alpha value is -1.04. The van der Waals surface area contributed by atoms with Crippen molar-refractivity contribution >= 4 is 0 Å². The first-order chi connectivity index (χ1) is 6.75. The molecule has 0 nitrogen and oxygen atoms in total. The molecular formula is C14H16. The molecule has 0 heteroatoms. The molecule has 0 radical (unpaired) electrons. The van der Waals surface area contributed by atoms with E-state index in [2.05, 4.69) is 25.3 Å². The minimum Gasteiger partial charge on any atom is -0.0952 e. The molecular weight excluding hydrogens is 168 g/mol. The Balaban J connectivity index is 1.99. The van der Waals surface area contributed by atoms with Crippen LogP contribution in [0.2, 0.25) is 0 Å². The highest BCUT2D eigenvalue weighted by atomic mass is 14.4. The van der Waals surface area contributed by atoms with Crippen LogP contribution in [-0.4, -0.2) is 0 Å². The van der Waals surface area contributed by atoms with Crippen LogP contribution in [-0.2, 0) is 0 Å². The van der Waals surface area contributed by atoms with Gasteiger partial charge < -0.3 is 0 Å². The molecule has 14 heavy (non-hydrogen) atoms. The standard InChI is InChI=1S/C14H16/c1-9-7-14(11-4-3-5-11)13-8-12(9)6-10(13)2/h6-7,11,13H,1-5,8H2. The molecule has 72 valence electrons. The van der Waals surface area contributed by atoms with Crippen LogP contribution in [0.4, 0.5) is 0 Å². The summed E-state index contributed by atoms with van der Waals surface area (Å²) in [5.41, 5.74) is 5.60. The molecule has 2 bridgehead atoms. The quantitative estimate of drug-likeness (QED) is 0.581. The third-order valence-electron chi connectivity index (χ3n) is 3.96. The van der Waals surface area contributed by atoms with Gasteiger partial charge in [0.25, 0.3) is 0 Å². The van der Waals surface area contributed by atoms with Crippen LogP contribution in [0.15, 0.2) is 47.6 Å². The van der Waals surface area contributed by atoms with E-state index in [-0.39, 0.29) is 0 Å². The van der Waals surface area contributed by atoms with E-state index in [9.17, 15) is 0 Å². The summed E-state index contributed by atoms with van der Waals surface area (Å²) in [7, 11) is 0. The van der Waals surface area contributed by atoms with Gasteiger partial charge in [-0.05, 0) is 41.9 Å². The van der Waals surface area contributed by atoms with Gasteiger partial charge in [0.15, 0.2) is 0 Å². The van der Waals surface area contributed by atoms with Crippen LogP contribution in [0.1, 0.15) is 25.7 Å². The Morgan fingerprint density at radius 3 is 2.57 bits per heavy atom. The SMILES string of the molecule is C=C1C=C(C2CCC2)C2CC1=CC2=C. The van der Waals surface area contributed by atoms with E-state index in [0.717, 1.165) is 5.92 Å². The maximum Gasteiger partial charge on any atom is 0.00891 e. The second-order valence-corrected chi connectivity index (χ2v) is 4.80. The predicted octanol–water partition coefficient (Wildman–Crippen LogP) is 3.79. The van der Waals surface area contributed by atoms with E-state index in [4.69, 9.17) is 0 Å². The summed E-state index contributed by atoms with van der Waals surface area (Å²) in [5, 5.41) is 0. The van der Waals surface area contributed by atoms with Gasteiger partial charge in [-0.2, -0.15) is 0 Å². The van der Waals surface area contributed by atoms with E-state index in [1.165, 1.54) is 42.4 Å². The molecule has 1 saturated carbocycles.